The third-order valence-electron chi connectivity index (χ3n) is 3.74. The highest BCUT2D eigenvalue weighted by Gasteiger charge is 2.25. The zero-order valence-electron chi connectivity index (χ0n) is 12.5. The quantitative estimate of drug-likeness (QED) is 0.871. The van der Waals surface area contributed by atoms with Crippen LogP contribution in [0.1, 0.15) is 30.5 Å². The first-order chi connectivity index (χ1) is 8.75. The molecule has 0 aliphatic heterocycles. The van der Waals surface area contributed by atoms with E-state index in [0.29, 0.717) is 0 Å². The predicted octanol–water partition coefficient (Wildman–Crippen LogP) is 2.26. The van der Waals surface area contributed by atoms with E-state index in [1.165, 1.54) is 22.9 Å². The molecule has 0 aliphatic carbocycles. The van der Waals surface area contributed by atoms with Crippen molar-refractivity contribution < 1.29 is 8.42 Å². The SMILES string of the molecule is CCNC(Cc1ccc(C)c(C)c1)C(C)S(C)(=O)=O. The Balaban J connectivity index is 2.92. The van der Waals surface area contributed by atoms with Crippen LogP contribution in [0.3, 0.4) is 0 Å². The van der Waals surface area contributed by atoms with E-state index in [1.807, 2.05) is 6.92 Å². The second-order valence-corrected chi connectivity index (χ2v) is 7.72. The fraction of sp³-hybridized carbons (Fsp3) is 0.600. The summed E-state index contributed by atoms with van der Waals surface area (Å²) in [7, 11) is -3.03. The Morgan fingerprint density at radius 1 is 1.21 bits per heavy atom. The fourth-order valence-electron chi connectivity index (χ4n) is 2.15. The molecule has 1 rings (SSSR count). The lowest BCUT2D eigenvalue weighted by atomic mass is 9.99. The van der Waals surface area contributed by atoms with Gasteiger partial charge in [0, 0.05) is 12.3 Å². The van der Waals surface area contributed by atoms with E-state index in [1.54, 1.807) is 6.92 Å². The first-order valence-corrected chi connectivity index (χ1v) is 8.69. The maximum absolute atomic E-state index is 11.7. The molecule has 1 aromatic rings. The van der Waals surface area contributed by atoms with Gasteiger partial charge in [0.15, 0.2) is 9.84 Å². The minimum atomic E-state index is -3.03. The first-order valence-electron chi connectivity index (χ1n) is 6.74. The van der Waals surface area contributed by atoms with Crippen molar-refractivity contribution in [1.82, 2.24) is 5.32 Å². The molecule has 0 bridgehead atoms. The lowest BCUT2D eigenvalue weighted by molar-refractivity contribution is 0.494. The molecule has 0 aromatic heterocycles. The minimum absolute atomic E-state index is 0.0397. The van der Waals surface area contributed by atoms with Crippen molar-refractivity contribution in [3.8, 4) is 0 Å². The number of aryl methyl sites for hydroxylation is 2. The third kappa shape index (κ3) is 4.62. The van der Waals surface area contributed by atoms with Gasteiger partial charge in [-0.15, -0.1) is 0 Å². The summed E-state index contributed by atoms with van der Waals surface area (Å²) in [6, 6.07) is 6.29. The number of benzene rings is 1. The van der Waals surface area contributed by atoms with Gasteiger partial charge in [-0.1, -0.05) is 25.1 Å². The molecule has 3 nitrogen and oxygen atoms in total. The lowest BCUT2D eigenvalue weighted by Crippen LogP contribution is -2.43. The highest BCUT2D eigenvalue weighted by Crippen LogP contribution is 2.15. The topological polar surface area (TPSA) is 46.2 Å². The summed E-state index contributed by atoms with van der Waals surface area (Å²) < 4.78 is 23.4. The van der Waals surface area contributed by atoms with Crippen LogP contribution >= 0.6 is 0 Å². The van der Waals surface area contributed by atoms with Gasteiger partial charge in [-0.05, 0) is 50.4 Å². The molecule has 0 heterocycles. The standard InChI is InChI=1S/C15H25NO2S/c1-6-16-15(13(4)19(5,17)18)10-14-8-7-11(2)12(3)9-14/h7-9,13,15-16H,6,10H2,1-5H3. The second-order valence-electron chi connectivity index (χ2n) is 5.32. The van der Waals surface area contributed by atoms with Crippen LogP contribution in [0.2, 0.25) is 0 Å². The van der Waals surface area contributed by atoms with E-state index in [-0.39, 0.29) is 11.3 Å². The Labute approximate surface area is 117 Å². The molecule has 0 aliphatic rings. The molecule has 0 fully saturated rings. The molecule has 19 heavy (non-hydrogen) atoms. The van der Waals surface area contributed by atoms with Crippen LogP contribution in [-0.2, 0) is 16.3 Å². The second kappa shape index (κ2) is 6.53. The molecule has 0 saturated heterocycles. The van der Waals surface area contributed by atoms with Crippen LogP contribution in [0.15, 0.2) is 18.2 Å². The number of sulfone groups is 1. The van der Waals surface area contributed by atoms with E-state index >= 15 is 0 Å². The van der Waals surface area contributed by atoms with Gasteiger partial charge < -0.3 is 5.32 Å². The largest absolute Gasteiger partial charge is 0.313 e. The molecule has 0 saturated carbocycles. The summed E-state index contributed by atoms with van der Waals surface area (Å²) in [6.07, 6.45) is 2.05. The molecular formula is C15H25NO2S. The van der Waals surface area contributed by atoms with Gasteiger partial charge in [0.25, 0.3) is 0 Å². The highest BCUT2D eigenvalue weighted by molar-refractivity contribution is 7.91. The Morgan fingerprint density at radius 3 is 2.32 bits per heavy atom. The van der Waals surface area contributed by atoms with Crippen LogP contribution in [0, 0.1) is 13.8 Å². The average Bonchev–Trinajstić information content (AvgIpc) is 2.31. The van der Waals surface area contributed by atoms with Gasteiger partial charge in [-0.25, -0.2) is 8.42 Å². The Bertz CT molecular complexity index is 523. The average molecular weight is 283 g/mol. The Kier molecular flexibility index (Phi) is 5.56. The summed E-state index contributed by atoms with van der Waals surface area (Å²) in [5.41, 5.74) is 3.70. The summed E-state index contributed by atoms with van der Waals surface area (Å²) >= 11 is 0. The third-order valence-corrected chi connectivity index (χ3v) is 5.41. The van der Waals surface area contributed by atoms with Crippen molar-refractivity contribution in [2.45, 2.75) is 45.4 Å². The van der Waals surface area contributed by atoms with E-state index in [9.17, 15) is 8.42 Å². The summed E-state index contributed by atoms with van der Waals surface area (Å²) in [4.78, 5) is 0. The van der Waals surface area contributed by atoms with Crippen LogP contribution in [-0.4, -0.2) is 32.5 Å². The van der Waals surface area contributed by atoms with E-state index in [4.69, 9.17) is 0 Å². The van der Waals surface area contributed by atoms with Gasteiger partial charge in [0.05, 0.1) is 5.25 Å². The summed E-state index contributed by atoms with van der Waals surface area (Å²) in [5.74, 6) is 0. The van der Waals surface area contributed by atoms with Crippen LogP contribution in [0.25, 0.3) is 0 Å². The van der Waals surface area contributed by atoms with Crippen molar-refractivity contribution >= 4 is 9.84 Å². The van der Waals surface area contributed by atoms with Crippen molar-refractivity contribution in [2.24, 2.45) is 0 Å². The van der Waals surface area contributed by atoms with Crippen molar-refractivity contribution in [2.75, 3.05) is 12.8 Å². The molecule has 0 spiro atoms. The fourth-order valence-corrected chi connectivity index (χ4v) is 2.94. The van der Waals surface area contributed by atoms with Crippen LogP contribution < -0.4 is 5.32 Å². The highest BCUT2D eigenvalue weighted by atomic mass is 32.2. The van der Waals surface area contributed by atoms with E-state index in [2.05, 4.69) is 37.4 Å². The molecular weight excluding hydrogens is 258 g/mol. The molecule has 0 amide bonds. The number of hydrogen-bond donors (Lipinski definition) is 1. The van der Waals surface area contributed by atoms with Gasteiger partial charge >= 0.3 is 0 Å². The van der Waals surface area contributed by atoms with Crippen molar-refractivity contribution in [1.29, 1.82) is 0 Å². The zero-order chi connectivity index (χ0) is 14.6. The molecule has 108 valence electrons. The van der Waals surface area contributed by atoms with Crippen LogP contribution in [0.5, 0.6) is 0 Å². The van der Waals surface area contributed by atoms with Gasteiger partial charge in [0.2, 0.25) is 0 Å². The van der Waals surface area contributed by atoms with E-state index < -0.39 is 9.84 Å². The van der Waals surface area contributed by atoms with Crippen molar-refractivity contribution in [3.63, 3.8) is 0 Å². The Morgan fingerprint density at radius 2 is 1.84 bits per heavy atom. The summed E-state index contributed by atoms with van der Waals surface area (Å²) in [5, 5.41) is 2.91. The number of hydrogen-bond acceptors (Lipinski definition) is 3. The first kappa shape index (κ1) is 16.2. The molecule has 2 atom stereocenters. The molecule has 1 N–H and O–H groups in total. The molecule has 1 aromatic carbocycles. The molecule has 2 unspecified atom stereocenters. The maximum atomic E-state index is 11.7. The molecule has 4 heteroatoms. The van der Waals surface area contributed by atoms with Crippen LogP contribution in [0.4, 0.5) is 0 Å². The van der Waals surface area contributed by atoms with Gasteiger partial charge in [-0.2, -0.15) is 0 Å². The smallest absolute Gasteiger partial charge is 0.151 e. The van der Waals surface area contributed by atoms with Gasteiger partial charge in [-0.3, -0.25) is 0 Å². The predicted molar refractivity (Wildman–Crippen MR) is 81.4 cm³/mol. The van der Waals surface area contributed by atoms with E-state index in [0.717, 1.165) is 13.0 Å². The zero-order valence-corrected chi connectivity index (χ0v) is 13.3. The number of likely N-dealkylation sites (N-methyl/N-ethyl adjacent to an activating group) is 1. The monoisotopic (exact) mass is 283 g/mol. The number of rotatable bonds is 6. The minimum Gasteiger partial charge on any atom is -0.313 e. The molecule has 0 radical (unpaired) electrons. The Hall–Kier alpha value is -0.870. The lowest BCUT2D eigenvalue weighted by Gasteiger charge is -2.24. The normalized spacial score (nSPS) is 15.2. The van der Waals surface area contributed by atoms with Crippen molar-refractivity contribution in [3.05, 3.63) is 34.9 Å². The maximum Gasteiger partial charge on any atom is 0.151 e. The summed E-state index contributed by atoms with van der Waals surface area (Å²) in [6.45, 7) is 8.72. The number of nitrogens with one attached hydrogen (secondary N) is 1. The van der Waals surface area contributed by atoms with Gasteiger partial charge in [0.1, 0.15) is 0 Å².